The van der Waals surface area contributed by atoms with Gasteiger partial charge in [-0.3, -0.25) is 4.98 Å². The molecule has 0 bridgehead atoms. The molecule has 32 heavy (non-hydrogen) atoms. The molecule has 0 aliphatic heterocycles. The van der Waals surface area contributed by atoms with Gasteiger partial charge in [0.2, 0.25) is 9.84 Å². The summed E-state index contributed by atoms with van der Waals surface area (Å²) < 4.78 is 28.3. The fourth-order valence-electron chi connectivity index (χ4n) is 3.30. The number of halogens is 1. The number of hydrogen-bond donors (Lipinski definition) is 1. The maximum Gasteiger partial charge on any atom is 0.212 e. The van der Waals surface area contributed by atoms with E-state index >= 15 is 0 Å². The van der Waals surface area contributed by atoms with Gasteiger partial charge < -0.3 is 5.73 Å². The lowest BCUT2D eigenvalue weighted by molar-refractivity contribution is 0.597. The number of rotatable bonds is 4. The fourth-order valence-corrected chi connectivity index (χ4v) is 4.91. The van der Waals surface area contributed by atoms with Crippen LogP contribution < -0.4 is 5.73 Å². The highest BCUT2D eigenvalue weighted by atomic mass is 35.5. The molecular formula is C22H15ClN6O2S. The number of nitrogens with zero attached hydrogens (tertiary/aromatic N) is 5. The van der Waals surface area contributed by atoms with Crippen LogP contribution in [0.4, 0.5) is 5.82 Å². The third-order valence-electron chi connectivity index (χ3n) is 4.81. The molecule has 158 valence electrons. The number of fused-ring (bicyclic) bond motifs is 2. The topological polar surface area (TPSA) is 116 Å². The zero-order valence-electron chi connectivity index (χ0n) is 16.4. The second-order valence-corrected chi connectivity index (χ2v) is 9.19. The number of nitrogen functional groups attached to an aromatic ring is 1. The van der Waals surface area contributed by atoms with E-state index in [0.717, 1.165) is 0 Å². The monoisotopic (exact) mass is 462 g/mol. The van der Waals surface area contributed by atoms with E-state index in [1.54, 1.807) is 36.5 Å². The lowest BCUT2D eigenvalue weighted by Gasteiger charge is -2.05. The van der Waals surface area contributed by atoms with Crippen molar-refractivity contribution in [2.75, 3.05) is 5.73 Å². The smallest absolute Gasteiger partial charge is 0.212 e. The van der Waals surface area contributed by atoms with Gasteiger partial charge in [0.25, 0.3) is 0 Å². The quantitative estimate of drug-likeness (QED) is 0.404. The molecule has 0 atom stereocenters. The van der Waals surface area contributed by atoms with Crippen molar-refractivity contribution in [1.29, 1.82) is 0 Å². The molecule has 2 N–H and O–H groups in total. The summed E-state index contributed by atoms with van der Waals surface area (Å²) in [7, 11) is -4.04. The summed E-state index contributed by atoms with van der Waals surface area (Å²) in [6, 6.07) is 18.4. The van der Waals surface area contributed by atoms with Crippen LogP contribution in [0, 0.1) is 0 Å². The molecule has 0 radical (unpaired) electrons. The van der Waals surface area contributed by atoms with Crippen LogP contribution in [0.2, 0.25) is 5.02 Å². The molecule has 5 aromatic rings. The Bertz CT molecular complexity index is 1600. The van der Waals surface area contributed by atoms with Crippen molar-refractivity contribution in [3.8, 4) is 0 Å². The molecule has 0 unspecified atom stereocenters. The van der Waals surface area contributed by atoms with E-state index < -0.39 is 9.84 Å². The lowest BCUT2D eigenvalue weighted by Crippen LogP contribution is -2.06. The number of anilines is 1. The average molecular weight is 463 g/mol. The highest BCUT2D eigenvalue weighted by Gasteiger charge is 2.30. The van der Waals surface area contributed by atoms with Gasteiger partial charge in [0.05, 0.1) is 27.8 Å². The molecule has 3 heterocycles. The maximum atomic E-state index is 13.5. The van der Waals surface area contributed by atoms with Gasteiger partial charge in [0, 0.05) is 11.2 Å². The zero-order valence-corrected chi connectivity index (χ0v) is 18.0. The molecule has 0 spiro atoms. The third kappa shape index (κ3) is 3.37. The lowest BCUT2D eigenvalue weighted by atomic mass is 10.3. The van der Waals surface area contributed by atoms with Gasteiger partial charge in [-0.05, 0) is 48.5 Å². The Hall–Kier alpha value is -3.82. The number of nitrogens with two attached hydrogens (primary N) is 1. The summed E-state index contributed by atoms with van der Waals surface area (Å²) >= 11 is 5.93. The number of sulfone groups is 1. The SMILES string of the molecule is Nc1c(S(=O)(=O)c2ccc(Cl)cc2)c2nc3ccccc3nc2n1/N=C/c1ccccn1. The van der Waals surface area contributed by atoms with Gasteiger partial charge in [0.15, 0.2) is 5.65 Å². The van der Waals surface area contributed by atoms with E-state index in [4.69, 9.17) is 17.3 Å². The first-order valence-corrected chi connectivity index (χ1v) is 11.3. The van der Waals surface area contributed by atoms with Gasteiger partial charge in [-0.1, -0.05) is 29.8 Å². The predicted octanol–water partition coefficient (Wildman–Crippen LogP) is 3.93. The minimum Gasteiger partial charge on any atom is -0.382 e. The van der Waals surface area contributed by atoms with Gasteiger partial charge in [-0.2, -0.15) is 9.78 Å². The summed E-state index contributed by atoms with van der Waals surface area (Å²) in [6.07, 6.45) is 3.10. The standard InChI is InChI=1S/C22H15ClN6O2S/c23-14-8-10-16(11-9-14)32(30,31)20-19-22(28-18-7-2-1-6-17(18)27-19)29(21(20)24)26-13-15-5-3-4-12-25-15/h1-13H,24H2/b26-13+. The first-order valence-electron chi connectivity index (χ1n) is 9.48. The molecule has 5 rings (SSSR count). The molecule has 0 aliphatic rings. The maximum absolute atomic E-state index is 13.5. The van der Waals surface area contributed by atoms with E-state index in [1.807, 2.05) is 12.1 Å². The van der Waals surface area contributed by atoms with Crippen molar-refractivity contribution in [3.63, 3.8) is 0 Å². The molecule has 3 aromatic heterocycles. The minimum absolute atomic E-state index is 0.0383. The minimum atomic E-state index is -4.04. The second-order valence-electron chi connectivity index (χ2n) is 6.87. The van der Waals surface area contributed by atoms with Crippen LogP contribution >= 0.6 is 11.6 Å². The number of hydrogen-bond acceptors (Lipinski definition) is 7. The molecule has 0 aliphatic carbocycles. The molecule has 10 heteroatoms. The summed E-state index contributed by atoms with van der Waals surface area (Å²) in [5, 5.41) is 4.79. The van der Waals surface area contributed by atoms with Crippen LogP contribution in [0.5, 0.6) is 0 Å². The summed E-state index contributed by atoms with van der Waals surface area (Å²) in [6.45, 7) is 0. The number of benzene rings is 2. The van der Waals surface area contributed by atoms with Crippen molar-refractivity contribution in [2.24, 2.45) is 5.10 Å². The molecule has 8 nitrogen and oxygen atoms in total. The van der Waals surface area contributed by atoms with E-state index in [-0.39, 0.29) is 26.8 Å². The highest BCUT2D eigenvalue weighted by Crippen LogP contribution is 2.35. The van der Waals surface area contributed by atoms with Crippen molar-refractivity contribution in [1.82, 2.24) is 19.6 Å². The van der Waals surface area contributed by atoms with Gasteiger partial charge in [0.1, 0.15) is 16.2 Å². The van der Waals surface area contributed by atoms with E-state index in [1.165, 1.54) is 35.2 Å². The number of para-hydroxylation sites is 2. The van der Waals surface area contributed by atoms with Crippen LogP contribution in [0.25, 0.3) is 22.2 Å². The zero-order chi connectivity index (χ0) is 22.3. The third-order valence-corrected chi connectivity index (χ3v) is 6.90. The number of aromatic nitrogens is 4. The van der Waals surface area contributed by atoms with Crippen LogP contribution in [0.3, 0.4) is 0 Å². The summed E-state index contributed by atoms with van der Waals surface area (Å²) in [5.74, 6) is -0.0996. The predicted molar refractivity (Wildman–Crippen MR) is 124 cm³/mol. The average Bonchev–Trinajstić information content (AvgIpc) is 3.07. The Labute approximate surface area is 187 Å². The fraction of sp³-hybridized carbons (Fsp3) is 0. The highest BCUT2D eigenvalue weighted by molar-refractivity contribution is 7.92. The van der Waals surface area contributed by atoms with E-state index in [0.29, 0.717) is 21.7 Å². The Balaban J connectivity index is 1.81. The van der Waals surface area contributed by atoms with Gasteiger partial charge in [-0.15, -0.1) is 0 Å². The van der Waals surface area contributed by atoms with Crippen molar-refractivity contribution in [3.05, 3.63) is 83.6 Å². The van der Waals surface area contributed by atoms with Crippen LogP contribution in [0.15, 0.2) is 87.8 Å². The first-order chi connectivity index (χ1) is 15.4. The summed E-state index contributed by atoms with van der Waals surface area (Å²) in [4.78, 5) is 13.2. The molecule has 0 amide bonds. The Morgan fingerprint density at radius 2 is 1.62 bits per heavy atom. The molecule has 0 saturated carbocycles. The van der Waals surface area contributed by atoms with Gasteiger partial charge >= 0.3 is 0 Å². The first kappa shape index (κ1) is 20.1. The normalized spacial score (nSPS) is 12.2. The second kappa shape index (κ2) is 7.70. The summed E-state index contributed by atoms with van der Waals surface area (Å²) in [5.41, 5.74) is 8.40. The van der Waals surface area contributed by atoms with Crippen LogP contribution in [-0.4, -0.2) is 34.3 Å². The van der Waals surface area contributed by atoms with E-state index in [9.17, 15) is 8.42 Å². The molecule has 0 fully saturated rings. The molecule has 2 aromatic carbocycles. The van der Waals surface area contributed by atoms with E-state index in [2.05, 4.69) is 20.1 Å². The van der Waals surface area contributed by atoms with Crippen LogP contribution in [0.1, 0.15) is 5.69 Å². The van der Waals surface area contributed by atoms with Crippen molar-refractivity contribution in [2.45, 2.75) is 9.79 Å². The Kier molecular flexibility index (Phi) is 4.84. The molecule has 0 saturated heterocycles. The Morgan fingerprint density at radius 1 is 0.938 bits per heavy atom. The van der Waals surface area contributed by atoms with Gasteiger partial charge in [-0.25, -0.2) is 18.4 Å². The largest absolute Gasteiger partial charge is 0.382 e. The number of pyridine rings is 1. The van der Waals surface area contributed by atoms with Crippen LogP contribution in [-0.2, 0) is 9.84 Å². The molecular weight excluding hydrogens is 448 g/mol. The van der Waals surface area contributed by atoms with Crippen molar-refractivity contribution >= 4 is 55.7 Å². The van der Waals surface area contributed by atoms with Crippen molar-refractivity contribution < 1.29 is 8.42 Å². The Morgan fingerprint density at radius 3 is 2.31 bits per heavy atom.